The van der Waals surface area contributed by atoms with E-state index in [1.165, 1.54) is 0 Å². The molecule has 108 valence electrons. The summed E-state index contributed by atoms with van der Waals surface area (Å²) >= 11 is 0. The lowest BCUT2D eigenvalue weighted by molar-refractivity contribution is 0.160. The molecule has 1 aromatic carbocycles. The second-order valence-electron chi connectivity index (χ2n) is 4.71. The summed E-state index contributed by atoms with van der Waals surface area (Å²) in [6.07, 6.45) is 0.111. The molecule has 0 saturated carbocycles. The van der Waals surface area contributed by atoms with Crippen molar-refractivity contribution < 1.29 is 18.9 Å². The van der Waals surface area contributed by atoms with Gasteiger partial charge in [-0.3, -0.25) is 0 Å². The number of hydrogen-bond donors (Lipinski definition) is 0. The van der Waals surface area contributed by atoms with E-state index in [9.17, 15) is 0 Å². The average Bonchev–Trinajstić information content (AvgIpc) is 2.34. The van der Waals surface area contributed by atoms with E-state index < -0.39 is 0 Å². The highest BCUT2D eigenvalue weighted by atomic mass is 16.5. The fourth-order valence-electron chi connectivity index (χ4n) is 1.99. The summed E-state index contributed by atoms with van der Waals surface area (Å²) in [4.78, 5) is 0. The maximum absolute atomic E-state index is 5.91. The second kappa shape index (κ2) is 8.15. The Kier molecular flexibility index (Phi) is 6.84. The molecule has 0 fully saturated rings. The third-order valence-electron chi connectivity index (χ3n) is 2.57. The monoisotopic (exact) mass is 268 g/mol. The Morgan fingerprint density at radius 3 is 1.68 bits per heavy atom. The van der Waals surface area contributed by atoms with Gasteiger partial charge in [-0.2, -0.15) is 0 Å². The van der Waals surface area contributed by atoms with Gasteiger partial charge in [0.05, 0.1) is 25.9 Å². The van der Waals surface area contributed by atoms with E-state index in [0.717, 1.165) is 22.4 Å². The first-order chi connectivity index (χ1) is 9.12. The van der Waals surface area contributed by atoms with Crippen LogP contribution in [-0.4, -0.2) is 27.4 Å². The van der Waals surface area contributed by atoms with Crippen molar-refractivity contribution in [1.29, 1.82) is 0 Å². The molecule has 0 saturated heterocycles. The van der Waals surface area contributed by atoms with Crippen LogP contribution < -0.4 is 4.74 Å². The van der Waals surface area contributed by atoms with Gasteiger partial charge in [0.25, 0.3) is 0 Å². The van der Waals surface area contributed by atoms with Gasteiger partial charge in [0.1, 0.15) is 5.75 Å². The number of benzene rings is 1. The molecule has 0 bridgehead atoms. The Bertz CT molecular complexity index is 361. The molecule has 0 spiro atoms. The molecule has 0 aliphatic heterocycles. The van der Waals surface area contributed by atoms with E-state index in [1.807, 2.05) is 13.8 Å². The van der Waals surface area contributed by atoms with Crippen molar-refractivity contribution in [3.63, 3.8) is 0 Å². The average molecular weight is 268 g/mol. The summed E-state index contributed by atoms with van der Waals surface area (Å²) in [6, 6.07) is 4.12. The summed E-state index contributed by atoms with van der Waals surface area (Å²) in [6.45, 7) is 5.61. The van der Waals surface area contributed by atoms with E-state index >= 15 is 0 Å². The number of methoxy groups -OCH3 is 3. The van der Waals surface area contributed by atoms with Gasteiger partial charge in [-0.25, -0.2) is 0 Å². The van der Waals surface area contributed by atoms with Crippen molar-refractivity contribution in [2.45, 2.75) is 39.8 Å². The van der Waals surface area contributed by atoms with E-state index in [0.29, 0.717) is 19.8 Å². The second-order valence-corrected chi connectivity index (χ2v) is 4.71. The first kappa shape index (κ1) is 16.0. The first-order valence-electron chi connectivity index (χ1n) is 6.40. The summed E-state index contributed by atoms with van der Waals surface area (Å²) in [5.41, 5.74) is 3.15. The molecule has 0 unspecified atom stereocenters. The number of ether oxygens (including phenoxy) is 4. The van der Waals surface area contributed by atoms with E-state index in [1.54, 1.807) is 21.3 Å². The van der Waals surface area contributed by atoms with Crippen LogP contribution >= 0.6 is 0 Å². The van der Waals surface area contributed by atoms with Gasteiger partial charge in [-0.05, 0) is 31.5 Å². The lowest BCUT2D eigenvalue weighted by atomic mass is 10.0. The van der Waals surface area contributed by atoms with Crippen LogP contribution in [-0.2, 0) is 34.0 Å². The molecule has 0 aromatic heterocycles. The highest BCUT2D eigenvalue weighted by molar-refractivity contribution is 5.44. The molecule has 4 nitrogen and oxygen atoms in total. The van der Waals surface area contributed by atoms with Crippen molar-refractivity contribution in [1.82, 2.24) is 0 Å². The SMILES string of the molecule is COCc1cc(COC)c(OC(C)C)c(COC)c1. The van der Waals surface area contributed by atoms with Crippen LogP contribution in [0.3, 0.4) is 0 Å². The summed E-state index contributed by atoms with van der Waals surface area (Å²) in [5.74, 6) is 0.860. The zero-order chi connectivity index (χ0) is 14.3. The topological polar surface area (TPSA) is 36.9 Å². The Labute approximate surface area is 115 Å². The minimum absolute atomic E-state index is 0.111. The Morgan fingerprint density at radius 1 is 0.842 bits per heavy atom. The number of rotatable bonds is 8. The van der Waals surface area contributed by atoms with Crippen molar-refractivity contribution in [3.05, 3.63) is 28.8 Å². The Balaban J connectivity index is 3.19. The molecule has 0 N–H and O–H groups in total. The number of hydrogen-bond acceptors (Lipinski definition) is 4. The van der Waals surface area contributed by atoms with Crippen molar-refractivity contribution in [2.24, 2.45) is 0 Å². The molecule has 0 aliphatic rings. The molecule has 0 aliphatic carbocycles. The molecule has 19 heavy (non-hydrogen) atoms. The third-order valence-corrected chi connectivity index (χ3v) is 2.57. The summed E-state index contributed by atoms with van der Waals surface area (Å²) < 4.78 is 21.6. The first-order valence-corrected chi connectivity index (χ1v) is 6.40. The van der Waals surface area contributed by atoms with Crippen molar-refractivity contribution in [2.75, 3.05) is 21.3 Å². The summed E-state index contributed by atoms with van der Waals surface area (Å²) in [7, 11) is 5.04. The predicted octanol–water partition coefficient (Wildman–Crippen LogP) is 2.91. The van der Waals surface area contributed by atoms with E-state index in [2.05, 4.69) is 12.1 Å². The molecular weight excluding hydrogens is 244 g/mol. The summed E-state index contributed by atoms with van der Waals surface area (Å²) in [5, 5.41) is 0. The zero-order valence-electron chi connectivity index (χ0n) is 12.5. The quantitative estimate of drug-likeness (QED) is 0.726. The smallest absolute Gasteiger partial charge is 0.130 e. The van der Waals surface area contributed by atoms with Crippen LogP contribution in [0.4, 0.5) is 0 Å². The van der Waals surface area contributed by atoms with Gasteiger partial charge in [0, 0.05) is 32.5 Å². The van der Waals surface area contributed by atoms with Gasteiger partial charge < -0.3 is 18.9 Å². The Hall–Kier alpha value is -1.10. The minimum Gasteiger partial charge on any atom is -0.490 e. The van der Waals surface area contributed by atoms with Crippen LogP contribution in [0.2, 0.25) is 0 Å². The fourth-order valence-corrected chi connectivity index (χ4v) is 1.99. The fraction of sp³-hybridized carbons (Fsp3) is 0.600. The van der Waals surface area contributed by atoms with Crippen molar-refractivity contribution in [3.8, 4) is 5.75 Å². The molecule has 0 amide bonds. The van der Waals surface area contributed by atoms with Gasteiger partial charge in [-0.1, -0.05) is 0 Å². The maximum Gasteiger partial charge on any atom is 0.130 e. The molecule has 0 radical (unpaired) electrons. The third kappa shape index (κ3) is 4.82. The van der Waals surface area contributed by atoms with Gasteiger partial charge >= 0.3 is 0 Å². The molecule has 1 aromatic rings. The molecule has 4 heteroatoms. The van der Waals surface area contributed by atoms with Crippen LogP contribution in [0, 0.1) is 0 Å². The normalized spacial score (nSPS) is 11.1. The minimum atomic E-state index is 0.111. The lowest BCUT2D eigenvalue weighted by Crippen LogP contribution is -2.11. The van der Waals surface area contributed by atoms with E-state index in [-0.39, 0.29) is 6.10 Å². The van der Waals surface area contributed by atoms with Crippen LogP contribution in [0.1, 0.15) is 30.5 Å². The standard InChI is InChI=1S/C15H24O4/c1-11(2)19-15-13(9-17-4)6-12(8-16-3)7-14(15)10-18-5/h6-7,11H,8-10H2,1-5H3. The largest absolute Gasteiger partial charge is 0.490 e. The molecule has 0 atom stereocenters. The Morgan fingerprint density at radius 2 is 1.32 bits per heavy atom. The van der Waals surface area contributed by atoms with Gasteiger partial charge in [0.2, 0.25) is 0 Å². The zero-order valence-corrected chi connectivity index (χ0v) is 12.5. The molecular formula is C15H24O4. The highest BCUT2D eigenvalue weighted by Gasteiger charge is 2.14. The predicted molar refractivity (Wildman–Crippen MR) is 74.3 cm³/mol. The lowest BCUT2D eigenvalue weighted by Gasteiger charge is -2.19. The van der Waals surface area contributed by atoms with Gasteiger partial charge in [-0.15, -0.1) is 0 Å². The van der Waals surface area contributed by atoms with Crippen LogP contribution in [0.5, 0.6) is 5.75 Å². The molecule has 0 heterocycles. The van der Waals surface area contributed by atoms with Crippen molar-refractivity contribution >= 4 is 0 Å². The highest BCUT2D eigenvalue weighted by Crippen LogP contribution is 2.29. The van der Waals surface area contributed by atoms with Crippen LogP contribution in [0.15, 0.2) is 12.1 Å². The van der Waals surface area contributed by atoms with E-state index in [4.69, 9.17) is 18.9 Å². The maximum atomic E-state index is 5.91. The van der Waals surface area contributed by atoms with Crippen LogP contribution in [0.25, 0.3) is 0 Å². The molecule has 1 rings (SSSR count). The van der Waals surface area contributed by atoms with Gasteiger partial charge in [0.15, 0.2) is 0 Å².